The molecule has 7 heteroatoms. The average molecular weight is 469 g/mol. The fourth-order valence-electron chi connectivity index (χ4n) is 3.35. The van der Waals surface area contributed by atoms with Crippen LogP contribution in [0.25, 0.3) is 6.08 Å². The van der Waals surface area contributed by atoms with E-state index < -0.39 is 12.0 Å². The van der Waals surface area contributed by atoms with Gasteiger partial charge in [0.05, 0.1) is 29.0 Å². The van der Waals surface area contributed by atoms with Crippen LogP contribution in [-0.2, 0) is 9.53 Å². The summed E-state index contributed by atoms with van der Waals surface area (Å²) in [6, 6.07) is 16.6. The lowest BCUT2D eigenvalue weighted by Gasteiger charge is -2.24. The Kier molecular flexibility index (Phi) is 5.34. The zero-order chi connectivity index (χ0) is 20.5. The van der Waals surface area contributed by atoms with E-state index >= 15 is 0 Å². The van der Waals surface area contributed by atoms with Crippen LogP contribution in [0.1, 0.15) is 24.1 Å². The Hall–Kier alpha value is -2.77. The van der Waals surface area contributed by atoms with Crippen molar-refractivity contribution in [3.63, 3.8) is 0 Å². The monoisotopic (exact) mass is 468 g/mol. The summed E-state index contributed by atoms with van der Waals surface area (Å²) in [4.78, 5) is 31.0. The Morgan fingerprint density at radius 2 is 1.86 bits per heavy atom. The maximum atomic E-state index is 13.3. The number of benzene rings is 2. The van der Waals surface area contributed by atoms with Crippen molar-refractivity contribution in [1.29, 1.82) is 0 Å². The number of methoxy groups -OCH3 is 1. The second-order valence-corrected chi connectivity index (χ2v) is 8.46. The van der Waals surface area contributed by atoms with E-state index in [0.29, 0.717) is 20.6 Å². The number of carbonyl (C=O) groups is 1. The van der Waals surface area contributed by atoms with Gasteiger partial charge in [0, 0.05) is 4.47 Å². The van der Waals surface area contributed by atoms with Gasteiger partial charge in [0.2, 0.25) is 0 Å². The molecule has 1 aliphatic heterocycles. The minimum Gasteiger partial charge on any atom is -0.466 e. The maximum Gasteiger partial charge on any atom is 0.338 e. The molecule has 0 fully saturated rings. The lowest BCUT2D eigenvalue weighted by Crippen LogP contribution is -2.39. The van der Waals surface area contributed by atoms with Crippen LogP contribution < -0.4 is 14.9 Å². The predicted octanol–water partition coefficient (Wildman–Crippen LogP) is 3.17. The van der Waals surface area contributed by atoms with Crippen molar-refractivity contribution in [2.24, 2.45) is 4.99 Å². The number of thiazole rings is 1. The topological polar surface area (TPSA) is 60.7 Å². The van der Waals surface area contributed by atoms with E-state index in [0.717, 1.165) is 15.6 Å². The largest absolute Gasteiger partial charge is 0.466 e. The van der Waals surface area contributed by atoms with Gasteiger partial charge in [0.1, 0.15) is 0 Å². The first-order chi connectivity index (χ1) is 14.0. The fourth-order valence-corrected chi connectivity index (χ4v) is 4.66. The highest BCUT2D eigenvalue weighted by Gasteiger charge is 2.32. The van der Waals surface area contributed by atoms with E-state index in [2.05, 4.69) is 20.9 Å². The summed E-state index contributed by atoms with van der Waals surface area (Å²) < 4.78 is 8.12. The molecule has 5 nitrogen and oxygen atoms in total. The van der Waals surface area contributed by atoms with Crippen LogP contribution in [0.15, 0.2) is 80.1 Å². The van der Waals surface area contributed by atoms with Crippen LogP contribution in [0.3, 0.4) is 0 Å². The fraction of sp³-hybridized carbons (Fsp3) is 0.136. The highest BCUT2D eigenvalue weighted by Crippen LogP contribution is 2.30. The van der Waals surface area contributed by atoms with Gasteiger partial charge in [-0.15, -0.1) is 0 Å². The zero-order valence-electron chi connectivity index (χ0n) is 15.8. The number of rotatable bonds is 3. The first-order valence-corrected chi connectivity index (χ1v) is 10.5. The molecule has 0 amide bonds. The molecule has 29 heavy (non-hydrogen) atoms. The molecule has 1 aliphatic rings. The smallest absolute Gasteiger partial charge is 0.338 e. The Morgan fingerprint density at radius 1 is 1.17 bits per heavy atom. The van der Waals surface area contributed by atoms with E-state index in [1.807, 2.05) is 60.7 Å². The number of ether oxygens (including phenoxy) is 1. The quantitative estimate of drug-likeness (QED) is 0.554. The number of hydrogen-bond donors (Lipinski definition) is 0. The first kappa shape index (κ1) is 19.5. The molecule has 4 rings (SSSR count). The lowest BCUT2D eigenvalue weighted by atomic mass is 9.96. The molecular formula is C22H17BrN2O3S. The second kappa shape index (κ2) is 7.93. The van der Waals surface area contributed by atoms with Crippen LogP contribution in [0.4, 0.5) is 0 Å². The summed E-state index contributed by atoms with van der Waals surface area (Å²) in [5, 5.41) is 0. The number of halogens is 1. The third kappa shape index (κ3) is 3.63. The molecule has 1 atom stereocenters. The van der Waals surface area contributed by atoms with Crippen molar-refractivity contribution in [2.75, 3.05) is 7.11 Å². The predicted molar refractivity (Wildman–Crippen MR) is 116 cm³/mol. The molecule has 1 aromatic heterocycles. The number of allylic oxidation sites excluding steroid dienone is 1. The molecule has 0 N–H and O–H groups in total. The molecule has 0 saturated heterocycles. The molecule has 1 unspecified atom stereocenters. The zero-order valence-corrected chi connectivity index (χ0v) is 18.2. The maximum absolute atomic E-state index is 13.3. The van der Waals surface area contributed by atoms with Crippen molar-refractivity contribution in [1.82, 2.24) is 4.57 Å². The first-order valence-electron chi connectivity index (χ1n) is 8.91. The lowest BCUT2D eigenvalue weighted by molar-refractivity contribution is -0.136. The summed E-state index contributed by atoms with van der Waals surface area (Å²) in [5.74, 6) is -0.484. The van der Waals surface area contributed by atoms with E-state index in [-0.39, 0.29) is 5.56 Å². The molecule has 146 valence electrons. The molecule has 2 heterocycles. The minimum absolute atomic E-state index is 0.181. The van der Waals surface area contributed by atoms with Gasteiger partial charge < -0.3 is 4.74 Å². The third-order valence-electron chi connectivity index (χ3n) is 4.71. The highest BCUT2D eigenvalue weighted by atomic mass is 79.9. The van der Waals surface area contributed by atoms with Crippen LogP contribution in [0.2, 0.25) is 0 Å². The molecule has 0 aliphatic carbocycles. The number of esters is 1. The Balaban J connectivity index is 1.97. The SMILES string of the molecule is COC(=O)C1=C(C)N=c2s/c(=C/c3ccc(Br)cc3)c(=O)n2C1c1ccccc1. The molecular weight excluding hydrogens is 452 g/mol. The summed E-state index contributed by atoms with van der Waals surface area (Å²) in [7, 11) is 1.34. The van der Waals surface area contributed by atoms with Crippen molar-refractivity contribution in [3.05, 3.63) is 101 Å². The van der Waals surface area contributed by atoms with Gasteiger partial charge in [-0.05, 0) is 36.3 Å². The van der Waals surface area contributed by atoms with Gasteiger partial charge in [0.25, 0.3) is 5.56 Å². The van der Waals surface area contributed by atoms with Crippen LogP contribution >= 0.6 is 27.3 Å². The Labute approximate surface area is 179 Å². The van der Waals surface area contributed by atoms with Gasteiger partial charge in [-0.3, -0.25) is 9.36 Å². The second-order valence-electron chi connectivity index (χ2n) is 6.54. The Bertz CT molecular complexity index is 1290. The van der Waals surface area contributed by atoms with E-state index in [1.165, 1.54) is 18.4 Å². The summed E-state index contributed by atoms with van der Waals surface area (Å²) in [6.45, 7) is 1.77. The standard InChI is InChI=1S/C22H17BrN2O3S/c1-13-18(21(27)28-2)19(15-6-4-3-5-7-15)25-20(26)17(29-22(25)24-13)12-14-8-10-16(23)11-9-14/h3-12,19H,1-2H3/b17-12+. The summed E-state index contributed by atoms with van der Waals surface area (Å²) in [6.07, 6.45) is 1.84. The van der Waals surface area contributed by atoms with Crippen LogP contribution in [0.5, 0.6) is 0 Å². The molecule has 3 aromatic rings. The Morgan fingerprint density at radius 3 is 2.52 bits per heavy atom. The van der Waals surface area contributed by atoms with Gasteiger partial charge in [-0.25, -0.2) is 9.79 Å². The number of aromatic nitrogens is 1. The number of fused-ring (bicyclic) bond motifs is 1. The number of carbonyl (C=O) groups excluding carboxylic acids is 1. The molecule has 2 aromatic carbocycles. The third-order valence-corrected chi connectivity index (χ3v) is 6.22. The highest BCUT2D eigenvalue weighted by molar-refractivity contribution is 9.10. The molecule has 0 spiro atoms. The molecule has 0 saturated carbocycles. The number of nitrogens with zero attached hydrogens (tertiary/aromatic N) is 2. The van der Waals surface area contributed by atoms with Crippen LogP contribution in [-0.4, -0.2) is 17.6 Å². The molecule has 0 radical (unpaired) electrons. The molecule has 0 bridgehead atoms. The van der Waals surface area contributed by atoms with Crippen molar-refractivity contribution >= 4 is 39.3 Å². The van der Waals surface area contributed by atoms with Gasteiger partial charge in [0.15, 0.2) is 4.80 Å². The van der Waals surface area contributed by atoms with Crippen molar-refractivity contribution in [3.8, 4) is 0 Å². The van der Waals surface area contributed by atoms with Crippen LogP contribution in [0, 0.1) is 0 Å². The normalized spacial score (nSPS) is 16.4. The van der Waals surface area contributed by atoms with Gasteiger partial charge in [-0.1, -0.05) is 69.7 Å². The summed E-state index contributed by atoms with van der Waals surface area (Å²) >= 11 is 4.73. The van der Waals surface area contributed by atoms with Crippen molar-refractivity contribution in [2.45, 2.75) is 13.0 Å². The summed E-state index contributed by atoms with van der Waals surface area (Å²) in [5.41, 5.74) is 2.50. The van der Waals surface area contributed by atoms with E-state index in [1.54, 1.807) is 11.5 Å². The van der Waals surface area contributed by atoms with Gasteiger partial charge >= 0.3 is 5.97 Å². The minimum atomic E-state index is -0.577. The van der Waals surface area contributed by atoms with Crippen molar-refractivity contribution < 1.29 is 9.53 Å². The number of hydrogen-bond acceptors (Lipinski definition) is 5. The van der Waals surface area contributed by atoms with E-state index in [9.17, 15) is 9.59 Å². The average Bonchev–Trinajstić information content (AvgIpc) is 3.03. The van der Waals surface area contributed by atoms with Gasteiger partial charge in [-0.2, -0.15) is 0 Å². The van der Waals surface area contributed by atoms with E-state index in [4.69, 9.17) is 4.74 Å².